The molecular weight excluding hydrogens is 180 g/mol. The van der Waals surface area contributed by atoms with E-state index in [-0.39, 0.29) is 13.2 Å². The second-order valence-corrected chi connectivity index (χ2v) is 9.97. The lowest BCUT2D eigenvalue weighted by Gasteiger charge is -2.33. The van der Waals surface area contributed by atoms with Crippen LogP contribution in [0.1, 0.15) is 20.8 Å². The summed E-state index contributed by atoms with van der Waals surface area (Å²) in [5.41, 5.74) is 2.16. The van der Waals surface area contributed by atoms with Crippen LogP contribution in [0.5, 0.6) is 0 Å². The average molecular weight is 204 g/mol. The Kier molecular flexibility index (Phi) is 7.50. The van der Waals surface area contributed by atoms with E-state index in [4.69, 9.17) is 10.2 Å². The van der Waals surface area contributed by atoms with E-state index < -0.39 is 8.07 Å². The topological polar surface area (TPSA) is 40.5 Å². The minimum absolute atomic E-state index is 0.125. The molecule has 0 bridgehead atoms. The number of aliphatic hydroxyl groups is 2. The Hall–Kier alpha value is -0.123. The van der Waals surface area contributed by atoms with Crippen molar-refractivity contribution in [2.45, 2.75) is 38.9 Å². The van der Waals surface area contributed by atoms with Gasteiger partial charge < -0.3 is 10.2 Å². The first-order valence-corrected chi connectivity index (χ1v) is 7.66. The highest BCUT2D eigenvalue weighted by molar-refractivity contribution is 6.84. The van der Waals surface area contributed by atoms with Gasteiger partial charge in [0.2, 0.25) is 0 Å². The molecular formula is C10H24O2Si. The van der Waals surface area contributed by atoms with Crippen LogP contribution >= 0.6 is 0 Å². The fourth-order valence-corrected chi connectivity index (χ4v) is 0.919. The maximum Gasteiger partial charge on any atom is 0.0762 e. The summed E-state index contributed by atoms with van der Waals surface area (Å²) in [7, 11) is -1.11. The van der Waals surface area contributed by atoms with E-state index in [9.17, 15) is 0 Å². The lowest BCUT2D eigenvalue weighted by Crippen LogP contribution is -2.34. The highest BCUT2D eigenvalue weighted by Gasteiger charge is 2.31. The van der Waals surface area contributed by atoms with Crippen molar-refractivity contribution >= 4 is 8.07 Å². The molecule has 0 rings (SSSR count). The summed E-state index contributed by atoms with van der Waals surface area (Å²) in [6.07, 6.45) is 0. The predicted molar refractivity (Wildman–Crippen MR) is 61.6 cm³/mol. The smallest absolute Gasteiger partial charge is 0.0762 e. The fraction of sp³-hybridized carbons (Fsp3) is 0.800. The van der Waals surface area contributed by atoms with Crippen LogP contribution in [0.15, 0.2) is 12.3 Å². The summed E-state index contributed by atoms with van der Waals surface area (Å²) in [5, 5.41) is 15.7. The molecule has 3 heteroatoms. The van der Waals surface area contributed by atoms with Gasteiger partial charge in [-0.15, -0.1) is 12.3 Å². The third kappa shape index (κ3) is 6.99. The Labute approximate surface area is 83.3 Å². The Morgan fingerprint density at radius 1 is 1.15 bits per heavy atom. The second-order valence-electron chi connectivity index (χ2n) is 4.62. The Bertz CT molecular complexity index is 134. The molecule has 0 amide bonds. The Morgan fingerprint density at radius 3 is 1.46 bits per heavy atom. The first-order chi connectivity index (χ1) is 5.72. The van der Waals surface area contributed by atoms with E-state index >= 15 is 0 Å². The minimum Gasteiger partial charge on any atom is -0.394 e. The van der Waals surface area contributed by atoms with Gasteiger partial charge in [-0.25, -0.2) is 0 Å². The summed E-state index contributed by atoms with van der Waals surface area (Å²) in [5.74, 6) is 0. The van der Waals surface area contributed by atoms with Crippen LogP contribution in [0.3, 0.4) is 0 Å². The van der Waals surface area contributed by atoms with Crippen molar-refractivity contribution in [1.29, 1.82) is 0 Å². The maximum atomic E-state index is 7.62. The molecule has 2 nitrogen and oxygen atoms in total. The molecule has 0 heterocycles. The molecule has 13 heavy (non-hydrogen) atoms. The van der Waals surface area contributed by atoms with Crippen molar-refractivity contribution in [1.82, 2.24) is 0 Å². The number of rotatable bonds is 2. The molecule has 0 saturated carbocycles. The van der Waals surface area contributed by atoms with Crippen molar-refractivity contribution < 1.29 is 10.2 Å². The van der Waals surface area contributed by atoms with Gasteiger partial charge in [-0.3, -0.25) is 0 Å². The molecule has 0 unspecified atom stereocenters. The van der Waals surface area contributed by atoms with E-state index in [1.807, 2.05) is 0 Å². The van der Waals surface area contributed by atoms with Gasteiger partial charge in [0.05, 0.1) is 21.3 Å². The molecule has 2 N–H and O–H groups in total. The lowest BCUT2D eigenvalue weighted by molar-refractivity contribution is 0.186. The van der Waals surface area contributed by atoms with Gasteiger partial charge in [-0.2, -0.15) is 0 Å². The van der Waals surface area contributed by atoms with Crippen molar-refractivity contribution in [3.05, 3.63) is 12.3 Å². The zero-order valence-corrected chi connectivity index (χ0v) is 10.6. The molecule has 80 valence electrons. The third-order valence-electron chi connectivity index (χ3n) is 2.54. The van der Waals surface area contributed by atoms with E-state index in [0.717, 1.165) is 0 Å². The van der Waals surface area contributed by atoms with Gasteiger partial charge in [0.25, 0.3) is 0 Å². The molecule has 0 radical (unpaired) electrons. The Balaban J connectivity index is 0. The van der Waals surface area contributed by atoms with Crippen LogP contribution in [-0.2, 0) is 0 Å². The molecule has 0 saturated heterocycles. The number of hydrogen-bond donors (Lipinski definition) is 2. The van der Waals surface area contributed by atoms with Gasteiger partial charge in [0, 0.05) is 0 Å². The van der Waals surface area contributed by atoms with Gasteiger partial charge in [0.1, 0.15) is 0 Å². The summed E-state index contributed by atoms with van der Waals surface area (Å²) in [6, 6.07) is 0. The SMILES string of the molecule is C=C[Si](C)(C)C(C)(C)C.OCCO. The fourth-order valence-electron chi connectivity index (χ4n) is 0.306. The van der Waals surface area contributed by atoms with Gasteiger partial charge in [-0.1, -0.05) is 33.9 Å². The zero-order valence-electron chi connectivity index (χ0n) is 9.59. The summed E-state index contributed by atoms with van der Waals surface area (Å²) in [6.45, 7) is 15.2. The molecule has 0 aliphatic rings. The molecule has 0 aliphatic heterocycles. The molecule has 0 aliphatic carbocycles. The van der Waals surface area contributed by atoms with Crippen molar-refractivity contribution in [3.8, 4) is 0 Å². The van der Waals surface area contributed by atoms with E-state index in [2.05, 4.69) is 46.1 Å². The van der Waals surface area contributed by atoms with Crippen LogP contribution in [0, 0.1) is 0 Å². The van der Waals surface area contributed by atoms with E-state index in [1.165, 1.54) is 0 Å². The third-order valence-corrected chi connectivity index (χ3v) is 7.43. The van der Waals surface area contributed by atoms with Crippen LogP contribution in [0.4, 0.5) is 0 Å². The molecule has 0 aromatic rings. The molecule has 0 atom stereocenters. The quantitative estimate of drug-likeness (QED) is 0.677. The Morgan fingerprint density at radius 2 is 1.46 bits per heavy atom. The van der Waals surface area contributed by atoms with Crippen molar-refractivity contribution in [3.63, 3.8) is 0 Å². The van der Waals surface area contributed by atoms with Gasteiger partial charge >= 0.3 is 0 Å². The van der Waals surface area contributed by atoms with Crippen LogP contribution in [-0.4, -0.2) is 31.5 Å². The summed E-state index contributed by atoms with van der Waals surface area (Å²) < 4.78 is 0. The second kappa shape index (κ2) is 6.35. The summed E-state index contributed by atoms with van der Waals surface area (Å²) >= 11 is 0. The molecule has 0 aromatic carbocycles. The normalized spacial score (nSPS) is 11.6. The van der Waals surface area contributed by atoms with E-state index in [1.54, 1.807) is 0 Å². The molecule has 0 spiro atoms. The average Bonchev–Trinajstić information content (AvgIpc) is 2.03. The largest absolute Gasteiger partial charge is 0.394 e. The zero-order chi connectivity index (χ0) is 11.1. The first-order valence-electron chi connectivity index (χ1n) is 4.58. The molecule has 0 fully saturated rings. The monoisotopic (exact) mass is 204 g/mol. The lowest BCUT2D eigenvalue weighted by atomic mass is 10.2. The minimum atomic E-state index is -1.11. The standard InChI is InChI=1S/C8H18Si.C2H6O2/c1-7-9(5,6)8(2,3)4;3-1-2-4/h7H,1H2,2-6H3;3-4H,1-2H2. The van der Waals surface area contributed by atoms with Crippen molar-refractivity contribution in [2.24, 2.45) is 0 Å². The molecule has 0 aromatic heterocycles. The predicted octanol–water partition coefficient (Wildman–Crippen LogP) is 2.19. The number of aliphatic hydroxyl groups excluding tert-OH is 2. The van der Waals surface area contributed by atoms with Crippen LogP contribution in [0.25, 0.3) is 0 Å². The van der Waals surface area contributed by atoms with Gasteiger partial charge in [-0.05, 0) is 5.04 Å². The highest BCUT2D eigenvalue weighted by Crippen LogP contribution is 2.35. The highest BCUT2D eigenvalue weighted by atomic mass is 28.3. The first kappa shape index (κ1) is 15.4. The van der Waals surface area contributed by atoms with E-state index in [0.29, 0.717) is 5.04 Å². The van der Waals surface area contributed by atoms with Crippen molar-refractivity contribution in [2.75, 3.05) is 13.2 Å². The van der Waals surface area contributed by atoms with Crippen LogP contribution in [0.2, 0.25) is 18.1 Å². The summed E-state index contributed by atoms with van der Waals surface area (Å²) in [4.78, 5) is 0. The van der Waals surface area contributed by atoms with Gasteiger partial charge in [0.15, 0.2) is 0 Å². The number of hydrogen-bond acceptors (Lipinski definition) is 2. The van der Waals surface area contributed by atoms with Crippen LogP contribution < -0.4 is 0 Å². The maximum absolute atomic E-state index is 7.62.